The van der Waals surface area contributed by atoms with Gasteiger partial charge in [-0.2, -0.15) is 0 Å². The predicted molar refractivity (Wildman–Crippen MR) is 76.9 cm³/mol. The largest absolute Gasteiger partial charge is 0.466 e. The number of rotatable bonds is 11. The minimum absolute atomic E-state index is 0.0579. The standard InChI is InChI=1S/C13H22N2O4S/c1-2-19-13(17)9-11-10-20-12(15-11)3-4-14-5-7-18-8-6-16/h10,14,16H,2-9H2,1H3. The van der Waals surface area contributed by atoms with Crippen molar-refractivity contribution < 1.29 is 19.4 Å². The SMILES string of the molecule is CCOC(=O)Cc1csc(CCNCCOCCO)n1. The molecule has 0 amide bonds. The van der Waals surface area contributed by atoms with Gasteiger partial charge in [-0.3, -0.25) is 4.79 Å². The van der Waals surface area contributed by atoms with E-state index < -0.39 is 0 Å². The first kappa shape index (κ1) is 17.0. The molecule has 0 saturated heterocycles. The highest BCUT2D eigenvalue weighted by molar-refractivity contribution is 7.09. The summed E-state index contributed by atoms with van der Waals surface area (Å²) in [5.74, 6) is -0.233. The number of carbonyl (C=O) groups excluding carboxylic acids is 1. The number of carbonyl (C=O) groups is 1. The molecule has 7 heteroatoms. The zero-order valence-electron chi connectivity index (χ0n) is 11.8. The molecule has 1 heterocycles. The maximum Gasteiger partial charge on any atom is 0.311 e. The second kappa shape index (κ2) is 10.7. The molecule has 0 aliphatic carbocycles. The van der Waals surface area contributed by atoms with E-state index in [4.69, 9.17) is 14.6 Å². The fourth-order valence-electron chi connectivity index (χ4n) is 1.54. The molecule has 1 aromatic heterocycles. The number of thiazole rings is 1. The van der Waals surface area contributed by atoms with Gasteiger partial charge in [-0.25, -0.2) is 4.98 Å². The van der Waals surface area contributed by atoms with Crippen LogP contribution in [0.5, 0.6) is 0 Å². The number of nitrogens with zero attached hydrogens (tertiary/aromatic N) is 1. The summed E-state index contributed by atoms with van der Waals surface area (Å²) in [6, 6.07) is 0. The third-order valence-electron chi connectivity index (χ3n) is 2.40. The molecule has 0 unspecified atom stereocenters. The van der Waals surface area contributed by atoms with Crippen molar-refractivity contribution in [2.75, 3.05) is 39.5 Å². The third kappa shape index (κ3) is 7.54. The zero-order valence-corrected chi connectivity index (χ0v) is 12.6. The summed E-state index contributed by atoms with van der Waals surface area (Å²) >= 11 is 1.56. The second-order valence-electron chi connectivity index (χ2n) is 4.05. The first-order valence-electron chi connectivity index (χ1n) is 6.74. The average molecular weight is 302 g/mol. The van der Waals surface area contributed by atoms with E-state index in [-0.39, 0.29) is 19.0 Å². The third-order valence-corrected chi connectivity index (χ3v) is 3.36. The molecule has 20 heavy (non-hydrogen) atoms. The Hall–Kier alpha value is -1.02. The first-order valence-corrected chi connectivity index (χ1v) is 7.62. The first-order chi connectivity index (χ1) is 9.76. The number of ether oxygens (including phenoxy) is 2. The Bertz CT molecular complexity index is 384. The summed E-state index contributed by atoms with van der Waals surface area (Å²) in [7, 11) is 0. The molecule has 2 N–H and O–H groups in total. The van der Waals surface area contributed by atoms with Gasteiger partial charge in [0, 0.05) is 24.9 Å². The van der Waals surface area contributed by atoms with Crippen LogP contribution in [0.15, 0.2) is 5.38 Å². The molecule has 0 aliphatic rings. The number of esters is 1. The number of hydrogen-bond donors (Lipinski definition) is 2. The number of hydrogen-bond acceptors (Lipinski definition) is 7. The van der Waals surface area contributed by atoms with Crippen molar-refractivity contribution in [3.8, 4) is 0 Å². The monoisotopic (exact) mass is 302 g/mol. The van der Waals surface area contributed by atoms with Crippen LogP contribution in [-0.2, 0) is 27.1 Å². The topological polar surface area (TPSA) is 80.7 Å². The highest BCUT2D eigenvalue weighted by Gasteiger charge is 2.08. The van der Waals surface area contributed by atoms with Gasteiger partial charge in [-0.1, -0.05) is 0 Å². The van der Waals surface area contributed by atoms with Crippen molar-refractivity contribution in [3.63, 3.8) is 0 Å². The highest BCUT2D eigenvalue weighted by Crippen LogP contribution is 2.11. The van der Waals surface area contributed by atoms with Crippen LogP contribution in [0.4, 0.5) is 0 Å². The van der Waals surface area contributed by atoms with Gasteiger partial charge in [0.25, 0.3) is 0 Å². The molecule has 0 saturated carbocycles. The minimum atomic E-state index is -0.233. The van der Waals surface area contributed by atoms with Gasteiger partial charge in [0.1, 0.15) is 0 Å². The molecule has 6 nitrogen and oxygen atoms in total. The molecular weight excluding hydrogens is 280 g/mol. The van der Waals surface area contributed by atoms with Crippen molar-refractivity contribution in [3.05, 3.63) is 16.1 Å². The Labute approximate surface area is 123 Å². The molecule has 0 atom stereocenters. The molecule has 0 fully saturated rings. The van der Waals surface area contributed by atoms with Gasteiger partial charge in [0.2, 0.25) is 0 Å². The lowest BCUT2D eigenvalue weighted by atomic mass is 10.3. The van der Waals surface area contributed by atoms with Gasteiger partial charge in [-0.15, -0.1) is 11.3 Å². The molecule has 0 bridgehead atoms. The van der Waals surface area contributed by atoms with Crippen molar-refractivity contribution in [2.45, 2.75) is 19.8 Å². The molecule has 0 spiro atoms. The lowest BCUT2D eigenvalue weighted by Gasteiger charge is -2.03. The van der Waals surface area contributed by atoms with Crippen LogP contribution in [0.25, 0.3) is 0 Å². The Balaban J connectivity index is 2.12. The van der Waals surface area contributed by atoms with Crippen LogP contribution in [-0.4, -0.2) is 55.6 Å². The molecule has 114 valence electrons. The maximum absolute atomic E-state index is 11.3. The van der Waals surface area contributed by atoms with Crippen molar-refractivity contribution in [2.24, 2.45) is 0 Å². The smallest absolute Gasteiger partial charge is 0.311 e. The van der Waals surface area contributed by atoms with Crippen LogP contribution in [0.2, 0.25) is 0 Å². The van der Waals surface area contributed by atoms with E-state index in [1.165, 1.54) is 0 Å². The fourth-order valence-corrected chi connectivity index (χ4v) is 2.33. The molecule has 1 rings (SSSR count). The van der Waals surface area contributed by atoms with E-state index in [0.717, 1.165) is 30.2 Å². The number of aliphatic hydroxyl groups excluding tert-OH is 1. The number of nitrogens with one attached hydrogen (secondary N) is 1. The lowest BCUT2D eigenvalue weighted by Crippen LogP contribution is -2.22. The van der Waals surface area contributed by atoms with E-state index >= 15 is 0 Å². The van der Waals surface area contributed by atoms with E-state index in [2.05, 4.69) is 10.3 Å². The Morgan fingerprint density at radius 1 is 1.45 bits per heavy atom. The molecular formula is C13H22N2O4S. The highest BCUT2D eigenvalue weighted by atomic mass is 32.1. The predicted octanol–water partition coefficient (Wildman–Crippen LogP) is 0.390. The summed E-state index contributed by atoms with van der Waals surface area (Å²) in [6.07, 6.45) is 1.07. The van der Waals surface area contributed by atoms with Crippen LogP contribution in [0, 0.1) is 0 Å². The summed E-state index contributed by atoms with van der Waals surface area (Å²) in [4.78, 5) is 15.7. The molecule has 0 radical (unpaired) electrons. The fraction of sp³-hybridized carbons (Fsp3) is 0.692. The van der Waals surface area contributed by atoms with Crippen molar-refractivity contribution >= 4 is 17.3 Å². The quantitative estimate of drug-likeness (QED) is 0.455. The normalized spacial score (nSPS) is 10.7. The van der Waals surface area contributed by atoms with Gasteiger partial charge >= 0.3 is 5.97 Å². The zero-order chi connectivity index (χ0) is 14.6. The number of aromatic nitrogens is 1. The van der Waals surface area contributed by atoms with Crippen LogP contribution in [0.3, 0.4) is 0 Å². The summed E-state index contributed by atoms with van der Waals surface area (Å²) < 4.78 is 10.0. The van der Waals surface area contributed by atoms with Crippen LogP contribution in [0.1, 0.15) is 17.6 Å². The van der Waals surface area contributed by atoms with E-state index in [1.807, 2.05) is 5.38 Å². The van der Waals surface area contributed by atoms with Crippen molar-refractivity contribution in [1.29, 1.82) is 0 Å². The summed E-state index contributed by atoms with van der Waals surface area (Å²) in [5.41, 5.74) is 0.773. The van der Waals surface area contributed by atoms with Gasteiger partial charge in [0.15, 0.2) is 0 Å². The van der Waals surface area contributed by atoms with E-state index in [9.17, 15) is 4.79 Å². The lowest BCUT2D eigenvalue weighted by molar-refractivity contribution is -0.142. The Morgan fingerprint density at radius 2 is 2.30 bits per heavy atom. The number of aliphatic hydroxyl groups is 1. The average Bonchev–Trinajstić information content (AvgIpc) is 2.85. The molecule has 0 aliphatic heterocycles. The maximum atomic E-state index is 11.3. The molecule has 0 aromatic carbocycles. The van der Waals surface area contributed by atoms with E-state index in [1.54, 1.807) is 18.3 Å². The van der Waals surface area contributed by atoms with Gasteiger partial charge in [-0.05, 0) is 6.92 Å². The second-order valence-corrected chi connectivity index (χ2v) is 4.99. The Morgan fingerprint density at radius 3 is 3.05 bits per heavy atom. The van der Waals surface area contributed by atoms with E-state index in [0.29, 0.717) is 19.8 Å². The van der Waals surface area contributed by atoms with Crippen LogP contribution < -0.4 is 5.32 Å². The van der Waals surface area contributed by atoms with Crippen molar-refractivity contribution in [1.82, 2.24) is 10.3 Å². The van der Waals surface area contributed by atoms with Gasteiger partial charge < -0.3 is 19.9 Å². The van der Waals surface area contributed by atoms with Crippen LogP contribution >= 0.6 is 11.3 Å². The summed E-state index contributed by atoms with van der Waals surface area (Å²) in [5, 5.41) is 14.7. The molecule has 1 aromatic rings. The minimum Gasteiger partial charge on any atom is -0.466 e. The van der Waals surface area contributed by atoms with Gasteiger partial charge in [0.05, 0.1) is 43.5 Å². The Kier molecular flexibility index (Phi) is 9.14. The summed E-state index contributed by atoms with van der Waals surface area (Å²) in [6.45, 7) is 4.79.